The van der Waals surface area contributed by atoms with Gasteiger partial charge in [0.05, 0.1) is 21.9 Å². The fraction of sp³-hybridized carbons (Fsp3) is 0. The van der Waals surface area contributed by atoms with Crippen LogP contribution in [0, 0.1) is 0 Å². The third-order valence-corrected chi connectivity index (χ3v) is 11.1. The molecule has 4 heteroatoms. The number of para-hydroxylation sites is 4. The molecule has 4 heterocycles. The van der Waals surface area contributed by atoms with Crippen molar-refractivity contribution in [3.63, 3.8) is 0 Å². The molecule has 0 aliphatic carbocycles. The summed E-state index contributed by atoms with van der Waals surface area (Å²) in [5, 5.41) is 8.18. The molecule has 0 radical (unpaired) electrons. The predicted octanol–water partition coefficient (Wildman–Crippen LogP) is 13.9. The molecule has 0 amide bonds. The summed E-state index contributed by atoms with van der Waals surface area (Å²) in [5.74, 6) is 0. The van der Waals surface area contributed by atoms with Crippen LogP contribution in [-0.4, -0.2) is 9.13 Å². The van der Waals surface area contributed by atoms with E-state index < -0.39 is 0 Å². The lowest BCUT2D eigenvalue weighted by atomic mass is 9.98. The highest BCUT2D eigenvalue weighted by molar-refractivity contribution is 6.20. The molecule has 8 aromatic carbocycles. The topological polar surface area (TPSA) is 36.1 Å². The minimum absolute atomic E-state index is 0.872. The van der Waals surface area contributed by atoms with Gasteiger partial charge in [0.25, 0.3) is 0 Å². The zero-order valence-corrected chi connectivity index (χ0v) is 29.0. The van der Waals surface area contributed by atoms with E-state index >= 15 is 0 Å². The number of benzene rings is 8. The number of aromatic nitrogens is 2. The third-order valence-electron chi connectivity index (χ3n) is 11.1. The molecule has 0 aliphatic rings. The summed E-state index contributed by atoms with van der Waals surface area (Å²) in [6.07, 6.45) is 0. The second-order valence-electron chi connectivity index (χ2n) is 14.1. The van der Waals surface area contributed by atoms with Gasteiger partial charge in [0.15, 0.2) is 0 Å². The number of furan rings is 2. The summed E-state index contributed by atoms with van der Waals surface area (Å²) in [5.41, 5.74) is 14.0. The Morgan fingerprint density at radius 2 is 0.852 bits per heavy atom. The van der Waals surface area contributed by atoms with Crippen molar-refractivity contribution >= 4 is 76.7 Å². The van der Waals surface area contributed by atoms with Gasteiger partial charge in [0.2, 0.25) is 5.71 Å². The molecule has 252 valence electrons. The van der Waals surface area contributed by atoms with Crippen molar-refractivity contribution in [2.75, 3.05) is 0 Å². The first kappa shape index (κ1) is 29.3. The maximum absolute atomic E-state index is 6.58. The number of nitrogens with zero attached hydrogens (tertiary/aromatic N) is 2. The van der Waals surface area contributed by atoms with Crippen LogP contribution in [0.25, 0.3) is 110 Å². The molecule has 0 spiro atoms. The second-order valence-corrected chi connectivity index (χ2v) is 14.1. The third kappa shape index (κ3) is 4.19. The molecule has 0 fully saturated rings. The van der Waals surface area contributed by atoms with Crippen LogP contribution in [0.2, 0.25) is 0 Å². The van der Waals surface area contributed by atoms with Gasteiger partial charge < -0.3 is 13.4 Å². The summed E-state index contributed by atoms with van der Waals surface area (Å²) >= 11 is 0. The Kier molecular flexibility index (Phi) is 6.02. The van der Waals surface area contributed by atoms with Crippen molar-refractivity contribution in [2.45, 2.75) is 0 Å². The molecule has 0 N–H and O–H groups in total. The Balaban J connectivity index is 0.946. The molecule has 12 rings (SSSR count). The van der Waals surface area contributed by atoms with Crippen LogP contribution in [0.4, 0.5) is 0 Å². The van der Waals surface area contributed by atoms with Crippen LogP contribution >= 0.6 is 0 Å². The van der Waals surface area contributed by atoms with Gasteiger partial charge in [-0.15, -0.1) is 0 Å². The van der Waals surface area contributed by atoms with E-state index in [9.17, 15) is 0 Å². The zero-order valence-electron chi connectivity index (χ0n) is 29.0. The van der Waals surface area contributed by atoms with E-state index in [1.807, 2.05) is 18.2 Å². The molecule has 12 aromatic rings. The first-order valence-corrected chi connectivity index (χ1v) is 18.3. The number of fused-ring (bicyclic) bond motifs is 11. The standard InChI is InChI=1S/C50H30N2O2/c1-2-10-35(11-3-1)52-44-16-8-5-14-39(44)49-42-29-34(23-26-48(42)54-50(49)52)32-20-18-31(19-21-32)33-22-25-45-40(28-33)37-12-4-7-15-43(37)51(45)36-24-27-47-41(30-36)38-13-6-9-17-46(38)53-47/h1-30H. The fourth-order valence-corrected chi connectivity index (χ4v) is 8.64. The van der Waals surface area contributed by atoms with Gasteiger partial charge in [-0.3, -0.25) is 4.57 Å². The lowest BCUT2D eigenvalue weighted by molar-refractivity contribution is 0.645. The van der Waals surface area contributed by atoms with Crippen LogP contribution in [0.15, 0.2) is 191 Å². The summed E-state index contributed by atoms with van der Waals surface area (Å²) in [6, 6.07) is 64.8. The van der Waals surface area contributed by atoms with Gasteiger partial charge in [0, 0.05) is 43.7 Å². The summed E-state index contributed by atoms with van der Waals surface area (Å²) in [6.45, 7) is 0. The average Bonchev–Trinajstić information content (AvgIpc) is 3.97. The van der Waals surface area contributed by atoms with Gasteiger partial charge in [0.1, 0.15) is 16.7 Å². The van der Waals surface area contributed by atoms with Gasteiger partial charge in [-0.1, -0.05) is 109 Å². The van der Waals surface area contributed by atoms with E-state index in [-0.39, 0.29) is 0 Å². The molecule has 4 aromatic heterocycles. The Morgan fingerprint density at radius 3 is 1.65 bits per heavy atom. The van der Waals surface area contributed by atoms with E-state index in [1.165, 1.54) is 43.9 Å². The van der Waals surface area contributed by atoms with Crippen molar-refractivity contribution in [3.05, 3.63) is 182 Å². The van der Waals surface area contributed by atoms with Crippen molar-refractivity contribution < 1.29 is 8.83 Å². The zero-order chi connectivity index (χ0) is 35.3. The SMILES string of the molecule is c1ccc(-n2c3ccccc3c3c4cc(-c5ccc(-c6ccc7c(c6)c6ccccc6n7-c6ccc7oc8ccccc8c7c6)cc5)ccc4oc32)cc1. The molecule has 0 saturated carbocycles. The number of hydrogen-bond acceptors (Lipinski definition) is 2. The first-order valence-electron chi connectivity index (χ1n) is 18.3. The van der Waals surface area contributed by atoms with E-state index in [0.29, 0.717) is 0 Å². The molecule has 4 nitrogen and oxygen atoms in total. The maximum Gasteiger partial charge on any atom is 0.213 e. The lowest BCUT2D eigenvalue weighted by Gasteiger charge is -2.09. The molecule has 0 bridgehead atoms. The van der Waals surface area contributed by atoms with E-state index in [0.717, 1.165) is 66.5 Å². The Morgan fingerprint density at radius 1 is 0.296 bits per heavy atom. The van der Waals surface area contributed by atoms with Crippen LogP contribution < -0.4 is 0 Å². The molecule has 0 aliphatic heterocycles. The van der Waals surface area contributed by atoms with E-state index in [2.05, 4.69) is 173 Å². The highest BCUT2D eigenvalue weighted by Gasteiger charge is 2.20. The Labute approximate surface area is 309 Å². The minimum atomic E-state index is 0.872. The number of rotatable bonds is 4. The van der Waals surface area contributed by atoms with Gasteiger partial charge in [-0.2, -0.15) is 0 Å². The Bertz CT molecular complexity index is 3430. The van der Waals surface area contributed by atoms with Gasteiger partial charge in [-0.05, 0) is 95.1 Å². The largest absolute Gasteiger partial charge is 0.456 e. The normalized spacial score (nSPS) is 12.1. The average molecular weight is 691 g/mol. The molecule has 0 saturated heterocycles. The minimum Gasteiger partial charge on any atom is -0.456 e. The number of hydrogen-bond donors (Lipinski definition) is 0. The van der Waals surface area contributed by atoms with Crippen LogP contribution in [-0.2, 0) is 0 Å². The van der Waals surface area contributed by atoms with Crippen LogP contribution in [0.3, 0.4) is 0 Å². The van der Waals surface area contributed by atoms with Crippen molar-refractivity contribution in [1.82, 2.24) is 9.13 Å². The highest BCUT2D eigenvalue weighted by Crippen LogP contribution is 2.41. The predicted molar refractivity (Wildman–Crippen MR) is 223 cm³/mol. The lowest BCUT2D eigenvalue weighted by Crippen LogP contribution is -1.93. The smallest absolute Gasteiger partial charge is 0.213 e. The quantitative estimate of drug-likeness (QED) is 0.184. The highest BCUT2D eigenvalue weighted by atomic mass is 16.3. The molecular weight excluding hydrogens is 661 g/mol. The van der Waals surface area contributed by atoms with E-state index in [1.54, 1.807) is 0 Å². The fourth-order valence-electron chi connectivity index (χ4n) is 8.64. The van der Waals surface area contributed by atoms with Crippen molar-refractivity contribution in [3.8, 4) is 33.6 Å². The first-order chi connectivity index (χ1) is 26.8. The van der Waals surface area contributed by atoms with Crippen molar-refractivity contribution in [1.29, 1.82) is 0 Å². The Hall–Kier alpha value is -7.30. The monoisotopic (exact) mass is 690 g/mol. The molecular formula is C50H30N2O2. The second kappa shape index (κ2) is 11.1. The molecule has 0 atom stereocenters. The molecule has 54 heavy (non-hydrogen) atoms. The van der Waals surface area contributed by atoms with Gasteiger partial charge >= 0.3 is 0 Å². The van der Waals surface area contributed by atoms with Crippen LogP contribution in [0.5, 0.6) is 0 Å². The maximum atomic E-state index is 6.58. The summed E-state index contributed by atoms with van der Waals surface area (Å²) in [7, 11) is 0. The van der Waals surface area contributed by atoms with Crippen molar-refractivity contribution in [2.24, 2.45) is 0 Å². The van der Waals surface area contributed by atoms with Crippen LogP contribution in [0.1, 0.15) is 0 Å². The van der Waals surface area contributed by atoms with Gasteiger partial charge in [-0.25, -0.2) is 0 Å². The van der Waals surface area contributed by atoms with E-state index in [4.69, 9.17) is 8.83 Å². The summed E-state index contributed by atoms with van der Waals surface area (Å²) in [4.78, 5) is 0. The summed E-state index contributed by atoms with van der Waals surface area (Å²) < 4.78 is 17.3. The molecule has 0 unspecified atom stereocenters.